The Kier molecular flexibility index (Phi) is 8.53. The fraction of sp³-hybridized carbons (Fsp3) is 0.292. The molecule has 3 aromatic carbocycles. The summed E-state index contributed by atoms with van der Waals surface area (Å²) < 4.78 is 11.7. The molecular weight excluding hydrogens is 414 g/mol. The second-order valence-corrected chi connectivity index (χ2v) is 7.52. The number of carbonyl (C=O) groups is 1. The Morgan fingerprint density at radius 1 is 0.968 bits per heavy atom. The van der Waals surface area contributed by atoms with Gasteiger partial charge in [-0.25, -0.2) is 0 Å². The molecule has 0 saturated heterocycles. The van der Waals surface area contributed by atoms with Gasteiger partial charge in [0.15, 0.2) is 0 Å². The molecular formula is C24H28ClN3O3. The Bertz CT molecular complexity index is 1030. The summed E-state index contributed by atoms with van der Waals surface area (Å²) in [4.78, 5) is 13.2. The van der Waals surface area contributed by atoms with Crippen LogP contribution in [0.3, 0.4) is 0 Å². The summed E-state index contributed by atoms with van der Waals surface area (Å²) in [6, 6.07) is 16.7. The number of nitrogens with one attached hydrogen (secondary N) is 2. The molecule has 0 aliphatic rings. The van der Waals surface area contributed by atoms with Crippen LogP contribution in [0.4, 0.5) is 5.69 Å². The monoisotopic (exact) mass is 441 g/mol. The minimum atomic E-state index is -0.282. The minimum absolute atomic E-state index is 0.282. The van der Waals surface area contributed by atoms with Gasteiger partial charge in [-0.3, -0.25) is 4.79 Å². The van der Waals surface area contributed by atoms with Gasteiger partial charge < -0.3 is 25.8 Å². The number of ether oxygens (including phenoxy) is 2. The number of hydrogen-bond donors (Lipinski definition) is 3. The standard InChI is InChI=1S/C24H28ClN3O3/c1-27-11-5-13-31-23-16-19(25)8-9-21(23)28-24(29)20-14-17-6-2-3-7-18(17)15-22(20)30-12-4-10-26/h2-3,6-9,14-16,27H,4-5,10-13,26H2,1H3,(H,28,29). The normalized spacial score (nSPS) is 10.8. The van der Waals surface area contributed by atoms with Gasteiger partial charge >= 0.3 is 0 Å². The molecule has 6 nitrogen and oxygen atoms in total. The lowest BCUT2D eigenvalue weighted by Crippen LogP contribution is -2.16. The summed E-state index contributed by atoms with van der Waals surface area (Å²) in [6.07, 6.45) is 1.54. The fourth-order valence-corrected chi connectivity index (χ4v) is 3.28. The number of amides is 1. The van der Waals surface area contributed by atoms with E-state index in [0.717, 1.165) is 23.7 Å². The highest BCUT2D eigenvalue weighted by Gasteiger charge is 2.17. The molecule has 0 radical (unpaired) electrons. The van der Waals surface area contributed by atoms with Crippen molar-refractivity contribution in [1.29, 1.82) is 0 Å². The van der Waals surface area contributed by atoms with E-state index in [1.54, 1.807) is 18.2 Å². The van der Waals surface area contributed by atoms with Crippen molar-refractivity contribution in [2.45, 2.75) is 12.8 Å². The number of halogens is 1. The number of anilines is 1. The van der Waals surface area contributed by atoms with E-state index in [-0.39, 0.29) is 5.91 Å². The summed E-state index contributed by atoms with van der Waals surface area (Å²) in [5, 5.41) is 8.52. The van der Waals surface area contributed by atoms with Gasteiger partial charge in [0.25, 0.3) is 5.91 Å². The maximum absolute atomic E-state index is 13.2. The highest BCUT2D eigenvalue weighted by molar-refractivity contribution is 6.30. The lowest BCUT2D eigenvalue weighted by molar-refractivity contribution is 0.102. The first-order chi connectivity index (χ1) is 15.1. The molecule has 0 aliphatic heterocycles. The van der Waals surface area contributed by atoms with E-state index < -0.39 is 0 Å². The Morgan fingerprint density at radius 2 is 1.68 bits per heavy atom. The number of carbonyl (C=O) groups excluding carboxylic acids is 1. The van der Waals surface area contributed by atoms with Gasteiger partial charge in [0.05, 0.1) is 24.5 Å². The summed E-state index contributed by atoms with van der Waals surface area (Å²) in [6.45, 7) is 2.31. The molecule has 0 aliphatic carbocycles. The molecule has 0 bridgehead atoms. The van der Waals surface area contributed by atoms with Crippen LogP contribution in [0, 0.1) is 0 Å². The lowest BCUT2D eigenvalue weighted by atomic mass is 10.0. The highest BCUT2D eigenvalue weighted by atomic mass is 35.5. The quantitative estimate of drug-likeness (QED) is 0.382. The predicted molar refractivity (Wildman–Crippen MR) is 127 cm³/mol. The summed E-state index contributed by atoms with van der Waals surface area (Å²) in [5.41, 5.74) is 6.59. The van der Waals surface area contributed by atoms with E-state index in [0.29, 0.717) is 54.0 Å². The van der Waals surface area contributed by atoms with Crippen molar-refractivity contribution < 1.29 is 14.3 Å². The molecule has 3 rings (SSSR count). The molecule has 0 fully saturated rings. The van der Waals surface area contributed by atoms with Crippen LogP contribution in [0.2, 0.25) is 5.02 Å². The van der Waals surface area contributed by atoms with Crippen LogP contribution < -0.4 is 25.8 Å². The van der Waals surface area contributed by atoms with E-state index in [1.165, 1.54) is 0 Å². The van der Waals surface area contributed by atoms with Crippen LogP contribution in [0.5, 0.6) is 11.5 Å². The molecule has 0 aromatic heterocycles. The average molecular weight is 442 g/mol. The summed E-state index contributed by atoms with van der Waals surface area (Å²) >= 11 is 6.14. The van der Waals surface area contributed by atoms with E-state index in [1.807, 2.05) is 43.4 Å². The first kappa shape index (κ1) is 22.9. The molecule has 0 heterocycles. The van der Waals surface area contributed by atoms with Gasteiger partial charge in [-0.15, -0.1) is 0 Å². The Hall–Kier alpha value is -2.80. The van der Waals surface area contributed by atoms with Crippen LogP contribution in [0.25, 0.3) is 10.8 Å². The molecule has 7 heteroatoms. The van der Waals surface area contributed by atoms with Crippen LogP contribution >= 0.6 is 11.6 Å². The van der Waals surface area contributed by atoms with E-state index in [2.05, 4.69) is 10.6 Å². The Morgan fingerprint density at radius 3 is 2.42 bits per heavy atom. The molecule has 0 atom stereocenters. The number of nitrogens with two attached hydrogens (primary N) is 1. The van der Waals surface area contributed by atoms with Crippen molar-refractivity contribution in [3.8, 4) is 11.5 Å². The van der Waals surface area contributed by atoms with Crippen LogP contribution in [0.1, 0.15) is 23.2 Å². The number of fused-ring (bicyclic) bond motifs is 1. The van der Waals surface area contributed by atoms with Crippen LogP contribution in [0.15, 0.2) is 54.6 Å². The second-order valence-electron chi connectivity index (χ2n) is 7.09. The van der Waals surface area contributed by atoms with E-state index in [9.17, 15) is 4.79 Å². The molecule has 3 aromatic rings. The molecule has 4 N–H and O–H groups in total. The van der Waals surface area contributed by atoms with E-state index >= 15 is 0 Å². The van der Waals surface area contributed by atoms with Gasteiger partial charge in [-0.2, -0.15) is 0 Å². The summed E-state index contributed by atoms with van der Waals surface area (Å²) in [7, 11) is 1.89. The van der Waals surface area contributed by atoms with Gasteiger partial charge in [0.1, 0.15) is 11.5 Å². The topological polar surface area (TPSA) is 85.6 Å². The second kappa shape index (κ2) is 11.6. The van der Waals surface area contributed by atoms with Crippen molar-refractivity contribution >= 4 is 34.0 Å². The first-order valence-corrected chi connectivity index (χ1v) is 10.7. The number of rotatable bonds is 11. The third kappa shape index (κ3) is 6.34. The van der Waals surface area contributed by atoms with Gasteiger partial charge in [0, 0.05) is 11.1 Å². The van der Waals surface area contributed by atoms with Crippen molar-refractivity contribution in [3.05, 3.63) is 65.2 Å². The zero-order valence-corrected chi connectivity index (χ0v) is 18.4. The highest BCUT2D eigenvalue weighted by Crippen LogP contribution is 2.31. The number of benzene rings is 3. The van der Waals surface area contributed by atoms with Crippen molar-refractivity contribution in [2.24, 2.45) is 5.73 Å². The molecule has 164 valence electrons. The van der Waals surface area contributed by atoms with Gasteiger partial charge in [0.2, 0.25) is 0 Å². The van der Waals surface area contributed by atoms with Crippen LogP contribution in [-0.4, -0.2) is 39.3 Å². The molecule has 0 spiro atoms. The van der Waals surface area contributed by atoms with Crippen LogP contribution in [-0.2, 0) is 0 Å². The van der Waals surface area contributed by atoms with Crippen molar-refractivity contribution in [1.82, 2.24) is 5.32 Å². The van der Waals surface area contributed by atoms with E-state index in [4.69, 9.17) is 26.8 Å². The Labute approximate surface area is 187 Å². The maximum atomic E-state index is 13.2. The maximum Gasteiger partial charge on any atom is 0.259 e. The van der Waals surface area contributed by atoms with Crippen molar-refractivity contribution in [3.63, 3.8) is 0 Å². The lowest BCUT2D eigenvalue weighted by Gasteiger charge is -2.16. The van der Waals surface area contributed by atoms with Crippen molar-refractivity contribution in [2.75, 3.05) is 38.7 Å². The largest absolute Gasteiger partial charge is 0.493 e. The Balaban J connectivity index is 1.86. The first-order valence-electron chi connectivity index (χ1n) is 10.4. The third-order valence-corrected chi connectivity index (χ3v) is 4.95. The number of hydrogen-bond acceptors (Lipinski definition) is 5. The fourth-order valence-electron chi connectivity index (χ4n) is 3.12. The molecule has 1 amide bonds. The molecule has 31 heavy (non-hydrogen) atoms. The minimum Gasteiger partial charge on any atom is -0.493 e. The SMILES string of the molecule is CNCCCOc1cc(Cl)ccc1NC(=O)c1cc2ccccc2cc1OCCCN. The molecule has 0 unspecified atom stereocenters. The van der Waals surface area contributed by atoms with Gasteiger partial charge in [-0.1, -0.05) is 35.9 Å². The predicted octanol–water partition coefficient (Wildman–Crippen LogP) is 4.46. The summed E-state index contributed by atoms with van der Waals surface area (Å²) in [5.74, 6) is 0.773. The zero-order chi connectivity index (χ0) is 22.1. The molecule has 0 saturated carbocycles. The third-order valence-electron chi connectivity index (χ3n) is 4.72. The average Bonchev–Trinajstić information content (AvgIpc) is 2.78. The van der Waals surface area contributed by atoms with Gasteiger partial charge in [-0.05, 0) is 68.0 Å². The zero-order valence-electron chi connectivity index (χ0n) is 17.6. The smallest absolute Gasteiger partial charge is 0.259 e.